The fourth-order valence-electron chi connectivity index (χ4n) is 1.10. The number of hydrogen-bond acceptors (Lipinski definition) is 5. The fourth-order valence-corrected chi connectivity index (χ4v) is 1.95. The molecule has 1 heterocycles. The number of nitriles is 1. The summed E-state index contributed by atoms with van der Waals surface area (Å²) in [6.45, 7) is 2.83. The van der Waals surface area contributed by atoms with Gasteiger partial charge >= 0.3 is 0 Å². The molecule has 80 valence electrons. The van der Waals surface area contributed by atoms with Crippen molar-refractivity contribution in [1.82, 2.24) is 15.3 Å². The summed E-state index contributed by atoms with van der Waals surface area (Å²) in [7, 11) is 0. The van der Waals surface area contributed by atoms with Crippen LogP contribution in [0.1, 0.15) is 13.3 Å². The zero-order valence-electron chi connectivity index (χ0n) is 8.68. The largest absolute Gasteiger partial charge is 0.302 e. The summed E-state index contributed by atoms with van der Waals surface area (Å²) >= 11 is 1.65. The maximum Gasteiger partial charge on any atom is 0.116 e. The van der Waals surface area contributed by atoms with Gasteiger partial charge in [-0.25, -0.2) is 9.97 Å². The van der Waals surface area contributed by atoms with Gasteiger partial charge in [0.1, 0.15) is 6.33 Å². The van der Waals surface area contributed by atoms with E-state index in [0.29, 0.717) is 0 Å². The van der Waals surface area contributed by atoms with Crippen molar-refractivity contribution < 1.29 is 0 Å². The summed E-state index contributed by atoms with van der Waals surface area (Å²) in [5, 5.41) is 12.9. The molecule has 4 nitrogen and oxygen atoms in total. The molecular weight excluding hydrogens is 208 g/mol. The molecule has 0 amide bonds. The Morgan fingerprint density at radius 1 is 1.67 bits per heavy atom. The van der Waals surface area contributed by atoms with E-state index in [2.05, 4.69) is 21.4 Å². The highest BCUT2D eigenvalue weighted by Crippen LogP contribution is 2.14. The second kappa shape index (κ2) is 7.21. The number of nitrogens with one attached hydrogen (secondary N) is 1. The smallest absolute Gasteiger partial charge is 0.116 e. The minimum Gasteiger partial charge on any atom is -0.302 e. The number of thioether (sulfide) groups is 1. The maximum atomic E-state index is 8.81. The Bertz CT molecular complexity index is 309. The van der Waals surface area contributed by atoms with Gasteiger partial charge in [0.05, 0.1) is 17.1 Å². The van der Waals surface area contributed by atoms with Gasteiger partial charge < -0.3 is 5.32 Å². The first-order valence-corrected chi connectivity index (χ1v) is 5.87. The summed E-state index contributed by atoms with van der Waals surface area (Å²) in [6, 6.07) is 4.05. The van der Waals surface area contributed by atoms with Crippen LogP contribution in [0.5, 0.6) is 0 Å². The third-order valence-electron chi connectivity index (χ3n) is 1.82. The van der Waals surface area contributed by atoms with E-state index in [0.717, 1.165) is 23.7 Å². The van der Waals surface area contributed by atoms with Gasteiger partial charge in [0, 0.05) is 11.9 Å². The van der Waals surface area contributed by atoms with Crippen LogP contribution >= 0.6 is 11.8 Å². The van der Waals surface area contributed by atoms with E-state index in [9.17, 15) is 0 Å². The molecule has 15 heavy (non-hydrogen) atoms. The third-order valence-corrected chi connectivity index (χ3v) is 2.79. The van der Waals surface area contributed by atoms with Crippen molar-refractivity contribution in [3.8, 4) is 6.07 Å². The maximum absolute atomic E-state index is 8.81. The number of hydrogen-bond donors (Lipinski definition) is 1. The Kier molecular flexibility index (Phi) is 5.74. The molecule has 0 fully saturated rings. The molecule has 0 bridgehead atoms. The predicted molar refractivity (Wildman–Crippen MR) is 60.5 cm³/mol. The lowest BCUT2D eigenvalue weighted by atomic mass is 10.2. The first kappa shape index (κ1) is 12.0. The lowest BCUT2D eigenvalue weighted by Gasteiger charge is -2.08. The van der Waals surface area contributed by atoms with Crippen LogP contribution in [-0.2, 0) is 0 Å². The van der Waals surface area contributed by atoms with Gasteiger partial charge in [-0.2, -0.15) is 5.26 Å². The van der Waals surface area contributed by atoms with Crippen LogP contribution < -0.4 is 5.32 Å². The highest BCUT2D eigenvalue weighted by atomic mass is 32.2. The monoisotopic (exact) mass is 222 g/mol. The molecule has 0 aliphatic rings. The molecule has 1 N–H and O–H groups in total. The molecule has 1 aromatic heterocycles. The Morgan fingerprint density at radius 2 is 2.53 bits per heavy atom. The quantitative estimate of drug-likeness (QED) is 0.583. The van der Waals surface area contributed by atoms with E-state index in [1.54, 1.807) is 18.0 Å². The summed E-state index contributed by atoms with van der Waals surface area (Å²) in [5.74, 6) is 0.891. The standard InChI is InChI=1S/C10H14N4S/c1-2-13-9(7-11)4-6-15-10-3-5-12-8-14-10/h3,5,8-9,13H,2,4,6H2,1H3. The van der Waals surface area contributed by atoms with Gasteiger partial charge in [0.2, 0.25) is 0 Å². The summed E-state index contributed by atoms with van der Waals surface area (Å²) in [5.41, 5.74) is 0. The fraction of sp³-hybridized carbons (Fsp3) is 0.500. The van der Waals surface area contributed by atoms with E-state index in [-0.39, 0.29) is 6.04 Å². The van der Waals surface area contributed by atoms with E-state index in [4.69, 9.17) is 5.26 Å². The molecule has 1 atom stereocenters. The zero-order valence-corrected chi connectivity index (χ0v) is 9.50. The Hall–Kier alpha value is -1.12. The normalized spacial score (nSPS) is 12.0. The van der Waals surface area contributed by atoms with Gasteiger partial charge in [-0.05, 0) is 19.0 Å². The van der Waals surface area contributed by atoms with Crippen LogP contribution in [0, 0.1) is 11.3 Å². The molecule has 0 spiro atoms. The summed E-state index contributed by atoms with van der Waals surface area (Å²) in [4.78, 5) is 7.94. The topological polar surface area (TPSA) is 61.6 Å². The molecule has 1 unspecified atom stereocenters. The van der Waals surface area contributed by atoms with Crippen LogP contribution in [0.3, 0.4) is 0 Å². The Morgan fingerprint density at radius 3 is 3.13 bits per heavy atom. The van der Waals surface area contributed by atoms with Gasteiger partial charge in [0.25, 0.3) is 0 Å². The number of nitrogens with zero attached hydrogens (tertiary/aromatic N) is 3. The van der Waals surface area contributed by atoms with Gasteiger partial charge in [0.15, 0.2) is 0 Å². The first-order valence-electron chi connectivity index (χ1n) is 4.88. The first-order chi connectivity index (χ1) is 7.36. The average Bonchev–Trinajstić information content (AvgIpc) is 2.29. The summed E-state index contributed by atoms with van der Waals surface area (Å²) in [6.07, 6.45) is 4.09. The molecule has 1 aromatic rings. The molecule has 1 rings (SSSR count). The second-order valence-electron chi connectivity index (χ2n) is 2.92. The van der Waals surface area contributed by atoms with Crippen molar-refractivity contribution in [2.45, 2.75) is 24.4 Å². The van der Waals surface area contributed by atoms with Crippen molar-refractivity contribution in [3.05, 3.63) is 18.6 Å². The molecule has 0 saturated carbocycles. The Balaban J connectivity index is 2.24. The van der Waals surface area contributed by atoms with E-state index < -0.39 is 0 Å². The predicted octanol–water partition coefficient (Wildman–Crippen LogP) is 1.46. The van der Waals surface area contributed by atoms with Crippen molar-refractivity contribution >= 4 is 11.8 Å². The number of rotatable bonds is 6. The van der Waals surface area contributed by atoms with E-state index >= 15 is 0 Å². The molecule has 0 saturated heterocycles. The third kappa shape index (κ3) is 4.77. The van der Waals surface area contributed by atoms with Gasteiger partial charge in [-0.15, -0.1) is 11.8 Å². The number of aromatic nitrogens is 2. The van der Waals surface area contributed by atoms with Gasteiger partial charge in [-0.3, -0.25) is 0 Å². The van der Waals surface area contributed by atoms with Crippen LogP contribution in [0.2, 0.25) is 0 Å². The highest BCUT2D eigenvalue weighted by molar-refractivity contribution is 7.99. The molecule has 5 heteroatoms. The van der Waals surface area contributed by atoms with Crippen molar-refractivity contribution in [3.63, 3.8) is 0 Å². The van der Waals surface area contributed by atoms with Crippen LogP contribution in [0.4, 0.5) is 0 Å². The minimum absolute atomic E-state index is 0.0515. The zero-order chi connectivity index (χ0) is 10.9. The van der Waals surface area contributed by atoms with Crippen molar-refractivity contribution in [2.24, 2.45) is 0 Å². The van der Waals surface area contributed by atoms with Crippen LogP contribution in [0.15, 0.2) is 23.6 Å². The molecule has 0 aliphatic carbocycles. The van der Waals surface area contributed by atoms with E-state index in [1.165, 1.54) is 6.33 Å². The summed E-state index contributed by atoms with van der Waals surface area (Å²) < 4.78 is 0. The second-order valence-corrected chi connectivity index (χ2v) is 4.04. The van der Waals surface area contributed by atoms with Gasteiger partial charge in [-0.1, -0.05) is 6.92 Å². The molecule has 0 aliphatic heterocycles. The minimum atomic E-state index is -0.0515. The van der Waals surface area contributed by atoms with E-state index in [1.807, 2.05) is 13.0 Å². The lowest BCUT2D eigenvalue weighted by Crippen LogP contribution is -2.27. The Labute approximate surface area is 94.1 Å². The van der Waals surface area contributed by atoms with Crippen molar-refractivity contribution in [2.75, 3.05) is 12.3 Å². The van der Waals surface area contributed by atoms with Crippen LogP contribution in [0.25, 0.3) is 0 Å². The highest BCUT2D eigenvalue weighted by Gasteiger charge is 2.04. The van der Waals surface area contributed by atoms with Crippen molar-refractivity contribution in [1.29, 1.82) is 5.26 Å². The lowest BCUT2D eigenvalue weighted by molar-refractivity contribution is 0.613. The SMILES string of the molecule is CCNC(C#N)CCSc1ccncn1. The molecule has 0 aromatic carbocycles. The molecule has 0 radical (unpaired) electrons. The molecular formula is C10H14N4S. The van der Waals surface area contributed by atoms with Crippen LogP contribution in [-0.4, -0.2) is 28.3 Å². The average molecular weight is 222 g/mol.